The SMILES string of the molecule is CC1(C(=O)O)CCN(C(=O)CNC(=O)c2cc3ccccc3[nH]2)C1. The third kappa shape index (κ3) is 2.97. The van der Waals surface area contributed by atoms with Crippen molar-refractivity contribution in [3.63, 3.8) is 0 Å². The van der Waals surface area contributed by atoms with Crippen molar-refractivity contribution in [1.29, 1.82) is 0 Å². The van der Waals surface area contributed by atoms with E-state index in [9.17, 15) is 19.5 Å². The van der Waals surface area contributed by atoms with E-state index in [1.807, 2.05) is 24.3 Å². The summed E-state index contributed by atoms with van der Waals surface area (Å²) in [5, 5.41) is 12.7. The number of aliphatic carboxylic acids is 1. The van der Waals surface area contributed by atoms with Gasteiger partial charge in [0.2, 0.25) is 5.91 Å². The molecule has 1 aliphatic heterocycles. The molecule has 2 aromatic rings. The Balaban J connectivity index is 1.58. The average Bonchev–Trinajstić information content (AvgIpc) is 3.16. The third-order valence-corrected chi connectivity index (χ3v) is 4.52. The Bertz CT molecular complexity index is 780. The van der Waals surface area contributed by atoms with E-state index in [-0.39, 0.29) is 24.9 Å². The van der Waals surface area contributed by atoms with E-state index < -0.39 is 11.4 Å². The number of para-hydroxylation sites is 1. The maximum atomic E-state index is 12.2. The molecule has 1 atom stereocenters. The summed E-state index contributed by atoms with van der Waals surface area (Å²) in [5.41, 5.74) is 0.336. The molecule has 1 aliphatic rings. The number of carbonyl (C=O) groups excluding carboxylic acids is 2. The van der Waals surface area contributed by atoms with Gasteiger partial charge in [-0.25, -0.2) is 0 Å². The van der Waals surface area contributed by atoms with Crippen LogP contribution in [0.3, 0.4) is 0 Å². The number of aromatic nitrogens is 1. The lowest BCUT2D eigenvalue weighted by Crippen LogP contribution is -2.41. The van der Waals surface area contributed by atoms with Gasteiger partial charge in [0.05, 0.1) is 12.0 Å². The third-order valence-electron chi connectivity index (χ3n) is 4.52. The summed E-state index contributed by atoms with van der Waals surface area (Å²) in [6, 6.07) is 9.25. The molecule has 3 rings (SSSR count). The maximum Gasteiger partial charge on any atom is 0.311 e. The Hall–Kier alpha value is -2.83. The largest absolute Gasteiger partial charge is 0.481 e. The summed E-state index contributed by atoms with van der Waals surface area (Å²) in [4.78, 5) is 40.0. The van der Waals surface area contributed by atoms with Crippen molar-refractivity contribution in [1.82, 2.24) is 15.2 Å². The van der Waals surface area contributed by atoms with Crippen LogP contribution in [-0.2, 0) is 9.59 Å². The minimum Gasteiger partial charge on any atom is -0.481 e. The van der Waals surface area contributed by atoms with Gasteiger partial charge in [-0.1, -0.05) is 18.2 Å². The molecular formula is C17H19N3O4. The van der Waals surface area contributed by atoms with E-state index in [2.05, 4.69) is 10.3 Å². The molecule has 1 saturated heterocycles. The molecule has 24 heavy (non-hydrogen) atoms. The first-order chi connectivity index (χ1) is 11.4. The van der Waals surface area contributed by atoms with Gasteiger partial charge in [-0.2, -0.15) is 0 Å². The number of hydrogen-bond donors (Lipinski definition) is 3. The zero-order valence-corrected chi connectivity index (χ0v) is 13.3. The number of carboxylic acid groups (broad SMARTS) is 1. The van der Waals surface area contributed by atoms with E-state index in [1.54, 1.807) is 13.0 Å². The van der Waals surface area contributed by atoms with Crippen molar-refractivity contribution in [3.8, 4) is 0 Å². The molecule has 0 bridgehead atoms. The van der Waals surface area contributed by atoms with E-state index >= 15 is 0 Å². The minimum absolute atomic E-state index is 0.149. The molecule has 1 aromatic carbocycles. The van der Waals surface area contributed by atoms with Gasteiger partial charge >= 0.3 is 5.97 Å². The van der Waals surface area contributed by atoms with Gasteiger partial charge in [-0.15, -0.1) is 0 Å². The molecule has 2 amide bonds. The zero-order valence-electron chi connectivity index (χ0n) is 13.3. The van der Waals surface area contributed by atoms with Crippen molar-refractivity contribution in [3.05, 3.63) is 36.0 Å². The highest BCUT2D eigenvalue weighted by molar-refractivity contribution is 5.99. The van der Waals surface area contributed by atoms with Crippen molar-refractivity contribution in [2.45, 2.75) is 13.3 Å². The van der Waals surface area contributed by atoms with Crippen LogP contribution in [0.5, 0.6) is 0 Å². The standard InChI is InChI=1S/C17H19N3O4/c1-17(16(23)24)6-7-20(10-17)14(21)9-18-15(22)13-8-11-4-2-3-5-12(11)19-13/h2-5,8,19H,6-7,9-10H2,1H3,(H,18,22)(H,23,24). The number of aromatic amines is 1. The van der Waals surface area contributed by atoms with Gasteiger partial charge < -0.3 is 20.3 Å². The molecule has 0 spiro atoms. The Kier molecular flexibility index (Phi) is 4.01. The number of benzene rings is 1. The maximum absolute atomic E-state index is 12.2. The summed E-state index contributed by atoms with van der Waals surface area (Å²) < 4.78 is 0. The number of hydrogen-bond acceptors (Lipinski definition) is 3. The van der Waals surface area contributed by atoms with Crippen LogP contribution in [0.1, 0.15) is 23.8 Å². The van der Waals surface area contributed by atoms with Gasteiger partial charge in [-0.3, -0.25) is 14.4 Å². The number of rotatable bonds is 4. The normalized spacial score (nSPS) is 20.3. The van der Waals surface area contributed by atoms with Gasteiger partial charge in [0.25, 0.3) is 5.91 Å². The van der Waals surface area contributed by atoms with Crippen LogP contribution in [0.25, 0.3) is 10.9 Å². The number of H-pyrrole nitrogens is 1. The summed E-state index contributed by atoms with van der Waals surface area (Å²) in [6.07, 6.45) is 0.421. The first kappa shape index (κ1) is 16.0. The predicted molar refractivity (Wildman–Crippen MR) is 87.6 cm³/mol. The Morgan fingerprint density at radius 2 is 2.08 bits per heavy atom. The van der Waals surface area contributed by atoms with E-state index in [0.717, 1.165) is 10.9 Å². The lowest BCUT2D eigenvalue weighted by molar-refractivity contribution is -0.147. The quantitative estimate of drug-likeness (QED) is 0.785. The second kappa shape index (κ2) is 5.99. The molecule has 0 saturated carbocycles. The molecule has 0 aliphatic carbocycles. The van der Waals surface area contributed by atoms with Crippen LogP contribution in [-0.4, -0.2) is 52.4 Å². The molecule has 3 N–H and O–H groups in total. The number of carbonyl (C=O) groups is 3. The number of amides is 2. The van der Waals surface area contributed by atoms with Crippen LogP contribution in [0.2, 0.25) is 0 Å². The second-order valence-corrected chi connectivity index (χ2v) is 6.38. The number of fused-ring (bicyclic) bond motifs is 1. The van der Waals surface area contributed by atoms with Gasteiger partial charge in [0.1, 0.15) is 5.69 Å². The highest BCUT2D eigenvalue weighted by Gasteiger charge is 2.41. The summed E-state index contributed by atoms with van der Waals surface area (Å²) in [6.45, 7) is 2.04. The fraction of sp³-hybridized carbons (Fsp3) is 0.353. The highest BCUT2D eigenvalue weighted by atomic mass is 16.4. The number of likely N-dealkylation sites (tertiary alicyclic amines) is 1. The van der Waals surface area contributed by atoms with Crippen LogP contribution in [0, 0.1) is 5.41 Å². The molecule has 0 radical (unpaired) electrons. The van der Waals surface area contributed by atoms with Crippen molar-refractivity contribution >= 4 is 28.7 Å². The average molecular weight is 329 g/mol. The predicted octanol–water partition coefficient (Wildman–Crippen LogP) is 1.22. The van der Waals surface area contributed by atoms with Crippen LogP contribution in [0.15, 0.2) is 30.3 Å². The Morgan fingerprint density at radius 3 is 2.75 bits per heavy atom. The fourth-order valence-electron chi connectivity index (χ4n) is 2.91. The first-order valence-corrected chi connectivity index (χ1v) is 7.76. The number of nitrogens with zero attached hydrogens (tertiary/aromatic N) is 1. The first-order valence-electron chi connectivity index (χ1n) is 7.76. The highest BCUT2D eigenvalue weighted by Crippen LogP contribution is 2.29. The Morgan fingerprint density at radius 1 is 1.33 bits per heavy atom. The lowest BCUT2D eigenvalue weighted by atomic mass is 9.90. The van der Waals surface area contributed by atoms with Crippen molar-refractivity contribution < 1.29 is 19.5 Å². The second-order valence-electron chi connectivity index (χ2n) is 6.38. The number of carboxylic acids is 1. The number of nitrogens with one attached hydrogen (secondary N) is 2. The topological polar surface area (TPSA) is 102 Å². The fourth-order valence-corrected chi connectivity index (χ4v) is 2.91. The van der Waals surface area contributed by atoms with Gasteiger partial charge in [0.15, 0.2) is 0 Å². The Labute approximate surface area is 138 Å². The monoisotopic (exact) mass is 329 g/mol. The summed E-state index contributed by atoms with van der Waals surface area (Å²) in [7, 11) is 0. The van der Waals surface area contributed by atoms with Crippen molar-refractivity contribution in [2.75, 3.05) is 19.6 Å². The van der Waals surface area contributed by atoms with Gasteiger partial charge in [0, 0.05) is 24.0 Å². The van der Waals surface area contributed by atoms with E-state index in [0.29, 0.717) is 18.7 Å². The van der Waals surface area contributed by atoms with Crippen molar-refractivity contribution in [2.24, 2.45) is 5.41 Å². The molecule has 7 heteroatoms. The van der Waals surface area contributed by atoms with Gasteiger partial charge in [-0.05, 0) is 25.5 Å². The van der Waals surface area contributed by atoms with Crippen LogP contribution < -0.4 is 5.32 Å². The molecule has 7 nitrogen and oxygen atoms in total. The lowest BCUT2D eigenvalue weighted by Gasteiger charge is -2.20. The molecular weight excluding hydrogens is 310 g/mol. The molecule has 2 heterocycles. The summed E-state index contributed by atoms with van der Waals surface area (Å²) >= 11 is 0. The molecule has 1 fully saturated rings. The van der Waals surface area contributed by atoms with E-state index in [1.165, 1.54) is 4.90 Å². The summed E-state index contributed by atoms with van der Waals surface area (Å²) in [5.74, 6) is -1.54. The van der Waals surface area contributed by atoms with E-state index in [4.69, 9.17) is 0 Å². The molecule has 1 unspecified atom stereocenters. The zero-order chi connectivity index (χ0) is 17.3. The molecule has 126 valence electrons. The smallest absolute Gasteiger partial charge is 0.311 e. The molecule has 1 aromatic heterocycles. The van der Waals surface area contributed by atoms with Crippen LogP contribution >= 0.6 is 0 Å². The minimum atomic E-state index is -0.906. The van der Waals surface area contributed by atoms with Crippen LogP contribution in [0.4, 0.5) is 0 Å².